The highest BCUT2D eigenvalue weighted by Gasteiger charge is 2.18. The standard InChI is InChI=1S/C12H14N4S/c13-12-14-5-10-7-16(3-1-11(10)15-12)6-9-2-4-17-8-9/h2,4-5,8H,1,3,6-7H2,(H2,13,14,15). The van der Waals surface area contributed by atoms with E-state index in [1.807, 2.05) is 6.20 Å². The zero-order valence-corrected chi connectivity index (χ0v) is 10.3. The second-order valence-electron chi connectivity index (χ2n) is 4.29. The molecule has 0 radical (unpaired) electrons. The Balaban J connectivity index is 1.74. The zero-order valence-electron chi connectivity index (χ0n) is 9.47. The van der Waals surface area contributed by atoms with Crippen LogP contribution in [0.3, 0.4) is 0 Å². The molecule has 0 spiro atoms. The molecule has 0 aromatic carbocycles. The van der Waals surface area contributed by atoms with Gasteiger partial charge in [0.1, 0.15) is 0 Å². The molecule has 5 heteroatoms. The molecule has 2 aromatic heterocycles. The third kappa shape index (κ3) is 2.30. The molecule has 0 fully saturated rings. The molecule has 0 atom stereocenters. The summed E-state index contributed by atoms with van der Waals surface area (Å²) >= 11 is 1.75. The van der Waals surface area contributed by atoms with Gasteiger partial charge in [-0.05, 0) is 22.4 Å². The van der Waals surface area contributed by atoms with E-state index in [0.29, 0.717) is 5.95 Å². The summed E-state index contributed by atoms with van der Waals surface area (Å²) in [6, 6.07) is 2.18. The van der Waals surface area contributed by atoms with E-state index in [1.165, 1.54) is 11.1 Å². The van der Waals surface area contributed by atoms with Crippen LogP contribution < -0.4 is 5.73 Å². The fourth-order valence-electron chi connectivity index (χ4n) is 2.17. The maximum atomic E-state index is 5.59. The quantitative estimate of drug-likeness (QED) is 0.876. The molecule has 3 heterocycles. The fraction of sp³-hybridized carbons (Fsp3) is 0.333. The van der Waals surface area contributed by atoms with Crippen LogP contribution in [-0.2, 0) is 19.5 Å². The van der Waals surface area contributed by atoms with Crippen molar-refractivity contribution in [2.75, 3.05) is 12.3 Å². The summed E-state index contributed by atoms with van der Waals surface area (Å²) in [5, 5.41) is 4.33. The Morgan fingerprint density at radius 3 is 3.24 bits per heavy atom. The van der Waals surface area contributed by atoms with Gasteiger partial charge in [-0.3, -0.25) is 4.90 Å². The summed E-state index contributed by atoms with van der Waals surface area (Å²) in [5.74, 6) is 0.384. The smallest absolute Gasteiger partial charge is 0.220 e. The molecule has 1 aliphatic heterocycles. The van der Waals surface area contributed by atoms with Crippen LogP contribution in [0.5, 0.6) is 0 Å². The SMILES string of the molecule is Nc1ncc2c(n1)CCN(Cc1ccsc1)C2. The van der Waals surface area contributed by atoms with Crippen LogP contribution in [0.25, 0.3) is 0 Å². The van der Waals surface area contributed by atoms with Crippen LogP contribution in [0.4, 0.5) is 5.95 Å². The predicted molar refractivity (Wildman–Crippen MR) is 68.6 cm³/mol. The third-order valence-corrected chi connectivity index (χ3v) is 3.75. The van der Waals surface area contributed by atoms with E-state index in [2.05, 4.69) is 31.7 Å². The number of nitrogens with zero attached hydrogens (tertiary/aromatic N) is 3. The van der Waals surface area contributed by atoms with Gasteiger partial charge >= 0.3 is 0 Å². The van der Waals surface area contributed by atoms with Crippen LogP contribution in [0.15, 0.2) is 23.0 Å². The van der Waals surface area contributed by atoms with Crippen LogP contribution in [0.2, 0.25) is 0 Å². The number of hydrogen-bond acceptors (Lipinski definition) is 5. The van der Waals surface area contributed by atoms with Gasteiger partial charge in [-0.1, -0.05) is 0 Å². The number of fused-ring (bicyclic) bond motifs is 1. The molecule has 0 saturated carbocycles. The Bertz CT molecular complexity index is 509. The highest BCUT2D eigenvalue weighted by atomic mass is 32.1. The van der Waals surface area contributed by atoms with Crippen LogP contribution in [0.1, 0.15) is 16.8 Å². The Kier molecular flexibility index (Phi) is 2.78. The molecule has 2 N–H and O–H groups in total. The maximum Gasteiger partial charge on any atom is 0.220 e. The van der Waals surface area contributed by atoms with Crippen LogP contribution in [0, 0.1) is 0 Å². The van der Waals surface area contributed by atoms with E-state index < -0.39 is 0 Å². The van der Waals surface area contributed by atoms with Crippen molar-refractivity contribution in [3.63, 3.8) is 0 Å². The Morgan fingerprint density at radius 1 is 1.47 bits per heavy atom. The van der Waals surface area contributed by atoms with Crippen molar-refractivity contribution in [1.29, 1.82) is 0 Å². The molecule has 0 aliphatic carbocycles. The molecule has 0 bridgehead atoms. The Morgan fingerprint density at radius 2 is 2.41 bits per heavy atom. The van der Waals surface area contributed by atoms with E-state index >= 15 is 0 Å². The molecule has 1 aliphatic rings. The summed E-state index contributed by atoms with van der Waals surface area (Å²) in [6.07, 6.45) is 2.82. The summed E-state index contributed by atoms with van der Waals surface area (Å²) in [5.41, 5.74) is 9.30. The van der Waals surface area contributed by atoms with E-state index in [1.54, 1.807) is 11.3 Å². The van der Waals surface area contributed by atoms with Gasteiger partial charge in [0, 0.05) is 37.8 Å². The lowest BCUT2D eigenvalue weighted by atomic mass is 10.1. The summed E-state index contributed by atoms with van der Waals surface area (Å²) < 4.78 is 0. The lowest BCUT2D eigenvalue weighted by Crippen LogP contribution is -2.30. The van der Waals surface area contributed by atoms with E-state index in [0.717, 1.165) is 31.7 Å². The molecule has 17 heavy (non-hydrogen) atoms. The predicted octanol–water partition coefficient (Wildman–Crippen LogP) is 1.68. The van der Waals surface area contributed by atoms with Gasteiger partial charge in [0.25, 0.3) is 0 Å². The van der Waals surface area contributed by atoms with Gasteiger partial charge < -0.3 is 5.73 Å². The Labute approximate surface area is 104 Å². The molecular weight excluding hydrogens is 232 g/mol. The van der Waals surface area contributed by atoms with Gasteiger partial charge in [0.05, 0.1) is 5.69 Å². The number of anilines is 1. The monoisotopic (exact) mass is 246 g/mol. The molecule has 4 nitrogen and oxygen atoms in total. The number of thiophene rings is 1. The van der Waals surface area contributed by atoms with Crippen LogP contribution >= 0.6 is 11.3 Å². The number of hydrogen-bond donors (Lipinski definition) is 1. The number of nitrogen functional groups attached to an aromatic ring is 1. The minimum absolute atomic E-state index is 0.384. The third-order valence-electron chi connectivity index (χ3n) is 3.02. The van der Waals surface area contributed by atoms with Crippen molar-refractivity contribution in [3.05, 3.63) is 39.8 Å². The summed E-state index contributed by atoms with van der Waals surface area (Å²) in [6.45, 7) is 2.97. The highest BCUT2D eigenvalue weighted by Crippen LogP contribution is 2.19. The fourth-order valence-corrected chi connectivity index (χ4v) is 2.83. The first-order valence-corrected chi connectivity index (χ1v) is 6.59. The van der Waals surface area contributed by atoms with Gasteiger partial charge in [-0.25, -0.2) is 9.97 Å². The second kappa shape index (κ2) is 4.43. The first kappa shape index (κ1) is 10.7. The molecule has 2 aromatic rings. The van der Waals surface area contributed by atoms with Crippen LogP contribution in [-0.4, -0.2) is 21.4 Å². The summed E-state index contributed by atoms with van der Waals surface area (Å²) in [7, 11) is 0. The van der Waals surface area contributed by atoms with Crippen molar-refractivity contribution in [2.45, 2.75) is 19.5 Å². The lowest BCUT2D eigenvalue weighted by Gasteiger charge is -2.27. The van der Waals surface area contributed by atoms with Crippen molar-refractivity contribution >= 4 is 17.3 Å². The second-order valence-corrected chi connectivity index (χ2v) is 5.07. The molecule has 88 valence electrons. The average Bonchev–Trinajstić information content (AvgIpc) is 2.82. The lowest BCUT2D eigenvalue weighted by molar-refractivity contribution is 0.243. The van der Waals surface area contributed by atoms with Crippen molar-refractivity contribution in [1.82, 2.24) is 14.9 Å². The van der Waals surface area contributed by atoms with Gasteiger partial charge in [0.15, 0.2) is 0 Å². The maximum absolute atomic E-state index is 5.59. The van der Waals surface area contributed by atoms with Gasteiger partial charge in [-0.2, -0.15) is 11.3 Å². The van der Waals surface area contributed by atoms with Crippen molar-refractivity contribution < 1.29 is 0 Å². The zero-order chi connectivity index (χ0) is 11.7. The van der Waals surface area contributed by atoms with Crippen molar-refractivity contribution in [2.24, 2.45) is 0 Å². The highest BCUT2D eigenvalue weighted by molar-refractivity contribution is 7.07. The molecular formula is C12H14N4S. The van der Waals surface area contributed by atoms with E-state index in [4.69, 9.17) is 5.73 Å². The number of rotatable bonds is 2. The average molecular weight is 246 g/mol. The minimum atomic E-state index is 0.384. The Hall–Kier alpha value is -1.46. The molecule has 0 saturated heterocycles. The van der Waals surface area contributed by atoms with Gasteiger partial charge in [-0.15, -0.1) is 0 Å². The molecule has 3 rings (SSSR count). The van der Waals surface area contributed by atoms with Crippen molar-refractivity contribution in [3.8, 4) is 0 Å². The number of aromatic nitrogens is 2. The van der Waals surface area contributed by atoms with E-state index in [9.17, 15) is 0 Å². The largest absolute Gasteiger partial charge is 0.368 e. The normalized spacial score (nSPS) is 15.8. The van der Waals surface area contributed by atoms with Gasteiger partial charge in [0.2, 0.25) is 5.95 Å². The first-order valence-electron chi connectivity index (χ1n) is 5.65. The summed E-state index contributed by atoms with van der Waals surface area (Å²) in [4.78, 5) is 10.8. The number of nitrogens with two attached hydrogens (primary N) is 1. The first-order chi connectivity index (χ1) is 8.31. The topological polar surface area (TPSA) is 55.0 Å². The van der Waals surface area contributed by atoms with E-state index in [-0.39, 0.29) is 0 Å². The minimum Gasteiger partial charge on any atom is -0.368 e. The molecule has 0 unspecified atom stereocenters. The molecule has 0 amide bonds.